The molecule has 0 atom stereocenters. The number of H-pyrrole nitrogens is 2. The minimum Gasteiger partial charge on any atom is -0.459 e. The average molecular weight is 461 g/mol. The first kappa shape index (κ1) is 22.3. The van der Waals surface area contributed by atoms with Crippen LogP contribution in [-0.4, -0.2) is 34.5 Å². The zero-order valence-electron chi connectivity index (χ0n) is 17.9. The van der Waals surface area contributed by atoms with E-state index in [1.165, 1.54) is 36.6 Å². The first-order chi connectivity index (χ1) is 16.3. The standard InChI is InChI=1S/C23H19N5O6/c1-12-7-8-13(10-16(12)26-22(32)17-6-3-9-34-17)20(30)24-11-18(29)25-15-5-2-4-14-19(15)23(33)28-27-21(14)31/h2-10H,11H2,1H3,(H,24,30)(H,25,29)(H,26,32)(H,27,31)(H,28,33). The Labute approximate surface area is 191 Å². The van der Waals surface area contributed by atoms with Gasteiger partial charge in [-0.05, 0) is 48.9 Å². The number of hydrogen-bond acceptors (Lipinski definition) is 6. The molecule has 5 N–H and O–H groups in total. The van der Waals surface area contributed by atoms with Crippen LogP contribution in [-0.2, 0) is 4.79 Å². The summed E-state index contributed by atoms with van der Waals surface area (Å²) >= 11 is 0. The SMILES string of the molecule is Cc1ccc(C(=O)NCC(=O)Nc2cccc3c(=O)[nH][nH]c(=O)c23)cc1NC(=O)c1ccco1. The van der Waals surface area contributed by atoms with E-state index in [1.54, 1.807) is 25.1 Å². The molecule has 0 spiro atoms. The Balaban J connectivity index is 1.43. The molecule has 0 aliphatic carbocycles. The molecule has 0 saturated heterocycles. The van der Waals surface area contributed by atoms with Crippen LogP contribution in [0.3, 0.4) is 0 Å². The number of aromatic nitrogens is 2. The van der Waals surface area contributed by atoms with E-state index in [9.17, 15) is 24.0 Å². The van der Waals surface area contributed by atoms with Crippen LogP contribution in [0.1, 0.15) is 26.5 Å². The molecule has 0 unspecified atom stereocenters. The number of aromatic amines is 2. The number of furan rings is 1. The van der Waals surface area contributed by atoms with Crippen molar-refractivity contribution in [3.05, 3.63) is 92.4 Å². The zero-order valence-corrected chi connectivity index (χ0v) is 17.9. The second kappa shape index (κ2) is 9.28. The van der Waals surface area contributed by atoms with Gasteiger partial charge in [-0.25, -0.2) is 0 Å². The van der Waals surface area contributed by atoms with Gasteiger partial charge in [0.25, 0.3) is 22.9 Å². The maximum Gasteiger partial charge on any atom is 0.291 e. The Morgan fingerprint density at radius 3 is 2.44 bits per heavy atom. The fourth-order valence-corrected chi connectivity index (χ4v) is 3.28. The van der Waals surface area contributed by atoms with Crippen LogP contribution in [0.2, 0.25) is 0 Å². The van der Waals surface area contributed by atoms with E-state index >= 15 is 0 Å². The predicted molar refractivity (Wildman–Crippen MR) is 124 cm³/mol. The third kappa shape index (κ3) is 4.63. The van der Waals surface area contributed by atoms with E-state index in [-0.39, 0.29) is 27.8 Å². The van der Waals surface area contributed by atoms with Crippen LogP contribution in [0.25, 0.3) is 10.8 Å². The van der Waals surface area contributed by atoms with Crippen molar-refractivity contribution in [1.29, 1.82) is 0 Å². The molecule has 4 rings (SSSR count). The summed E-state index contributed by atoms with van der Waals surface area (Å²) in [6, 6.07) is 12.3. The van der Waals surface area contributed by atoms with E-state index < -0.39 is 35.4 Å². The molecule has 0 radical (unpaired) electrons. The van der Waals surface area contributed by atoms with E-state index in [4.69, 9.17) is 4.42 Å². The summed E-state index contributed by atoms with van der Waals surface area (Å²) in [5, 5.41) is 12.3. The lowest BCUT2D eigenvalue weighted by Crippen LogP contribution is -2.33. The minimum absolute atomic E-state index is 0.0291. The number of carbonyl (C=O) groups is 3. The number of hydrogen-bond donors (Lipinski definition) is 5. The first-order valence-corrected chi connectivity index (χ1v) is 10.1. The molecule has 0 aliphatic heterocycles. The number of anilines is 2. The van der Waals surface area contributed by atoms with E-state index in [0.717, 1.165) is 5.56 Å². The van der Waals surface area contributed by atoms with Crippen molar-refractivity contribution in [2.75, 3.05) is 17.2 Å². The predicted octanol–water partition coefficient (Wildman–Crippen LogP) is 1.74. The Kier molecular flexibility index (Phi) is 6.08. The van der Waals surface area contributed by atoms with Gasteiger partial charge in [0.1, 0.15) is 0 Å². The molecule has 11 heteroatoms. The maximum atomic E-state index is 12.6. The highest BCUT2D eigenvalue weighted by atomic mass is 16.3. The third-order valence-electron chi connectivity index (χ3n) is 5.00. The highest BCUT2D eigenvalue weighted by Gasteiger charge is 2.15. The number of carbonyl (C=O) groups excluding carboxylic acids is 3. The highest BCUT2D eigenvalue weighted by Crippen LogP contribution is 2.19. The summed E-state index contributed by atoms with van der Waals surface area (Å²) in [4.78, 5) is 61.2. The number of aryl methyl sites for hydroxylation is 1. The summed E-state index contributed by atoms with van der Waals surface area (Å²) in [6.45, 7) is 1.38. The second-order valence-corrected chi connectivity index (χ2v) is 7.33. The number of nitrogens with one attached hydrogen (secondary N) is 5. The lowest BCUT2D eigenvalue weighted by Gasteiger charge is -2.11. The Morgan fingerprint density at radius 2 is 1.68 bits per heavy atom. The fraction of sp³-hybridized carbons (Fsp3) is 0.0870. The van der Waals surface area contributed by atoms with Gasteiger partial charge >= 0.3 is 0 Å². The number of rotatable bonds is 6. The quantitative estimate of drug-likeness (QED) is 0.293. The van der Waals surface area contributed by atoms with Crippen LogP contribution in [0, 0.1) is 6.92 Å². The van der Waals surface area contributed by atoms with E-state index in [2.05, 4.69) is 26.1 Å². The number of benzene rings is 2. The molecule has 4 aromatic rings. The van der Waals surface area contributed by atoms with Crippen LogP contribution in [0.4, 0.5) is 11.4 Å². The van der Waals surface area contributed by atoms with E-state index in [1.807, 2.05) is 0 Å². The van der Waals surface area contributed by atoms with Gasteiger partial charge in [0.2, 0.25) is 5.91 Å². The van der Waals surface area contributed by atoms with Gasteiger partial charge in [-0.2, -0.15) is 0 Å². The van der Waals surface area contributed by atoms with Gasteiger partial charge in [0.05, 0.1) is 29.3 Å². The molecule has 3 amide bonds. The summed E-state index contributed by atoms with van der Waals surface area (Å²) in [6.07, 6.45) is 1.38. The Hall–Kier alpha value is -4.93. The van der Waals surface area contributed by atoms with Crippen LogP contribution < -0.4 is 27.1 Å². The highest BCUT2D eigenvalue weighted by molar-refractivity contribution is 6.05. The van der Waals surface area contributed by atoms with Crippen LogP contribution in [0.15, 0.2) is 68.8 Å². The fourth-order valence-electron chi connectivity index (χ4n) is 3.28. The van der Waals surface area contributed by atoms with Crippen LogP contribution >= 0.6 is 0 Å². The molecule has 2 aromatic carbocycles. The minimum atomic E-state index is -0.598. The number of fused-ring (bicyclic) bond motifs is 1. The largest absolute Gasteiger partial charge is 0.459 e. The molecule has 0 saturated carbocycles. The lowest BCUT2D eigenvalue weighted by atomic mass is 10.1. The molecular weight excluding hydrogens is 442 g/mol. The van der Waals surface area contributed by atoms with Gasteiger partial charge in [0, 0.05) is 11.3 Å². The summed E-state index contributed by atoms with van der Waals surface area (Å²) in [5.74, 6) is -1.48. The molecule has 34 heavy (non-hydrogen) atoms. The smallest absolute Gasteiger partial charge is 0.291 e. The number of amides is 3. The van der Waals surface area contributed by atoms with Crippen LogP contribution in [0.5, 0.6) is 0 Å². The van der Waals surface area contributed by atoms with Crippen molar-refractivity contribution in [2.24, 2.45) is 0 Å². The van der Waals surface area contributed by atoms with Gasteiger partial charge in [-0.15, -0.1) is 0 Å². The lowest BCUT2D eigenvalue weighted by molar-refractivity contribution is -0.115. The third-order valence-corrected chi connectivity index (χ3v) is 5.00. The van der Waals surface area contributed by atoms with Crippen molar-refractivity contribution in [2.45, 2.75) is 6.92 Å². The molecule has 0 bridgehead atoms. The molecular formula is C23H19N5O6. The van der Waals surface area contributed by atoms with Crippen molar-refractivity contribution >= 4 is 39.9 Å². The average Bonchev–Trinajstić information content (AvgIpc) is 3.37. The molecule has 0 fully saturated rings. The Bertz CT molecular complexity index is 1520. The van der Waals surface area contributed by atoms with E-state index in [0.29, 0.717) is 5.69 Å². The second-order valence-electron chi connectivity index (χ2n) is 7.33. The van der Waals surface area contributed by atoms with Crippen molar-refractivity contribution in [1.82, 2.24) is 15.5 Å². The first-order valence-electron chi connectivity index (χ1n) is 10.1. The molecule has 172 valence electrons. The maximum absolute atomic E-state index is 12.6. The summed E-state index contributed by atoms with van der Waals surface area (Å²) in [5.41, 5.74) is 0.430. The molecule has 0 aliphatic rings. The van der Waals surface area contributed by atoms with Gasteiger partial charge in [0.15, 0.2) is 5.76 Å². The van der Waals surface area contributed by atoms with Crippen molar-refractivity contribution < 1.29 is 18.8 Å². The molecule has 2 aromatic heterocycles. The summed E-state index contributed by atoms with van der Waals surface area (Å²) in [7, 11) is 0. The van der Waals surface area contributed by atoms with Gasteiger partial charge < -0.3 is 20.4 Å². The van der Waals surface area contributed by atoms with Gasteiger partial charge in [-0.3, -0.25) is 34.2 Å². The Morgan fingerprint density at radius 1 is 0.882 bits per heavy atom. The van der Waals surface area contributed by atoms with Crippen molar-refractivity contribution in [3.8, 4) is 0 Å². The topological polar surface area (TPSA) is 166 Å². The molecule has 2 heterocycles. The molecule has 11 nitrogen and oxygen atoms in total. The summed E-state index contributed by atoms with van der Waals surface area (Å²) < 4.78 is 5.06. The monoisotopic (exact) mass is 461 g/mol. The zero-order chi connectivity index (χ0) is 24.2. The normalized spacial score (nSPS) is 10.6. The van der Waals surface area contributed by atoms with Crippen molar-refractivity contribution in [3.63, 3.8) is 0 Å². The van der Waals surface area contributed by atoms with Gasteiger partial charge in [-0.1, -0.05) is 12.1 Å².